The molecule has 1 amide bonds. The molecule has 0 unspecified atom stereocenters. The molecule has 0 aliphatic carbocycles. The van der Waals surface area contributed by atoms with Crippen LogP contribution in [0.2, 0.25) is 0 Å². The molecular formula is C17H19BrFN5O. The third-order valence-electron chi connectivity index (χ3n) is 4.22. The summed E-state index contributed by atoms with van der Waals surface area (Å²) in [5, 5.41) is 12.4. The van der Waals surface area contributed by atoms with Gasteiger partial charge in [-0.3, -0.25) is 14.4 Å². The van der Waals surface area contributed by atoms with Gasteiger partial charge in [-0.25, -0.2) is 4.39 Å². The van der Waals surface area contributed by atoms with Crippen LogP contribution in [0.15, 0.2) is 34.9 Å². The second-order valence-corrected chi connectivity index (χ2v) is 6.91. The second kappa shape index (κ2) is 7.45. The lowest BCUT2D eigenvalue weighted by Crippen LogP contribution is -2.50. The molecule has 3 rings (SSSR count). The molecule has 0 atom stereocenters. The average Bonchev–Trinajstić information content (AvgIpc) is 2.94. The van der Waals surface area contributed by atoms with E-state index in [1.165, 1.54) is 12.1 Å². The Balaban J connectivity index is 1.55. The van der Waals surface area contributed by atoms with E-state index in [1.54, 1.807) is 35.0 Å². The lowest BCUT2D eigenvalue weighted by Gasteiger charge is -2.34. The lowest BCUT2D eigenvalue weighted by atomic mass is 10.1. The molecule has 0 saturated carbocycles. The van der Waals surface area contributed by atoms with Crippen LogP contribution < -0.4 is 0 Å². The van der Waals surface area contributed by atoms with Crippen molar-refractivity contribution in [2.24, 2.45) is 7.05 Å². The Kier molecular flexibility index (Phi) is 5.29. The molecule has 2 aromatic rings. The van der Waals surface area contributed by atoms with Gasteiger partial charge in [0.2, 0.25) is 0 Å². The first-order valence-corrected chi connectivity index (χ1v) is 8.77. The van der Waals surface area contributed by atoms with Crippen LogP contribution in [0.1, 0.15) is 16.1 Å². The van der Waals surface area contributed by atoms with E-state index in [1.807, 2.05) is 0 Å². The number of aryl methyl sites for hydroxylation is 1. The van der Waals surface area contributed by atoms with Crippen LogP contribution in [0.25, 0.3) is 0 Å². The minimum absolute atomic E-state index is 0.0827. The summed E-state index contributed by atoms with van der Waals surface area (Å²) in [7, 11) is 1.78. The Morgan fingerprint density at radius 2 is 1.88 bits per heavy atom. The fourth-order valence-corrected chi connectivity index (χ4v) is 3.37. The van der Waals surface area contributed by atoms with E-state index in [0.29, 0.717) is 48.6 Å². The van der Waals surface area contributed by atoms with E-state index >= 15 is 0 Å². The summed E-state index contributed by atoms with van der Waals surface area (Å²) in [4.78, 5) is 16.5. The molecule has 0 bridgehead atoms. The lowest BCUT2D eigenvalue weighted by molar-refractivity contribution is 0.0646. The van der Waals surface area contributed by atoms with Crippen LogP contribution in [0.3, 0.4) is 0 Å². The van der Waals surface area contributed by atoms with Crippen molar-refractivity contribution in [2.45, 2.75) is 0 Å². The van der Waals surface area contributed by atoms with Crippen molar-refractivity contribution < 1.29 is 9.18 Å². The maximum absolute atomic E-state index is 13.0. The summed E-state index contributed by atoms with van der Waals surface area (Å²) in [6, 6.07) is 5.97. The number of hydrogen-bond acceptors (Lipinski definition) is 4. The summed E-state index contributed by atoms with van der Waals surface area (Å²) in [5.41, 5.74) is 1.60. The smallest absolute Gasteiger partial charge is 0.275 e. The van der Waals surface area contributed by atoms with E-state index in [0.717, 1.165) is 5.56 Å². The maximum Gasteiger partial charge on any atom is 0.275 e. The number of halogens is 2. The van der Waals surface area contributed by atoms with Gasteiger partial charge in [0.05, 0.1) is 10.2 Å². The van der Waals surface area contributed by atoms with Gasteiger partial charge in [0.1, 0.15) is 5.82 Å². The molecule has 1 N–H and O–H groups in total. The van der Waals surface area contributed by atoms with Gasteiger partial charge in [-0.2, -0.15) is 5.10 Å². The van der Waals surface area contributed by atoms with Crippen LogP contribution in [0.4, 0.5) is 4.39 Å². The van der Waals surface area contributed by atoms with E-state index in [-0.39, 0.29) is 11.7 Å². The molecule has 132 valence electrons. The van der Waals surface area contributed by atoms with Crippen molar-refractivity contribution in [1.82, 2.24) is 19.6 Å². The second-order valence-electron chi connectivity index (χ2n) is 6.05. The van der Waals surface area contributed by atoms with Gasteiger partial charge in [0.15, 0.2) is 5.69 Å². The standard InChI is InChI=1S/C17H19BrFN5O/c1-22-10-14(18)16(21-22)17(25)24-8-6-23(7-9-24)11-15(20)12-2-4-13(19)5-3-12/h2-5,10,20H,6-9,11H2,1H3. The summed E-state index contributed by atoms with van der Waals surface area (Å²) in [6.45, 7) is 3.07. The Labute approximate surface area is 153 Å². The number of carbonyl (C=O) groups excluding carboxylic acids is 1. The number of piperazine rings is 1. The zero-order valence-corrected chi connectivity index (χ0v) is 15.5. The van der Waals surface area contributed by atoms with Crippen LogP contribution in [-0.2, 0) is 7.05 Å². The van der Waals surface area contributed by atoms with Gasteiger partial charge in [0, 0.05) is 46.0 Å². The first kappa shape index (κ1) is 17.8. The minimum Gasteiger partial charge on any atom is -0.335 e. The highest BCUT2D eigenvalue weighted by Gasteiger charge is 2.25. The van der Waals surface area contributed by atoms with Crippen LogP contribution in [-0.4, -0.2) is 63.9 Å². The predicted octanol–water partition coefficient (Wildman–Crippen LogP) is 2.15. The van der Waals surface area contributed by atoms with Crippen molar-refractivity contribution in [2.75, 3.05) is 32.7 Å². The fraction of sp³-hybridized carbons (Fsp3) is 0.353. The number of aromatic nitrogens is 2. The fourth-order valence-electron chi connectivity index (χ4n) is 2.83. The Hall–Kier alpha value is -2.06. The van der Waals surface area contributed by atoms with E-state index in [9.17, 15) is 9.18 Å². The Morgan fingerprint density at radius 3 is 2.44 bits per heavy atom. The quantitative estimate of drug-likeness (QED) is 0.789. The number of rotatable bonds is 4. The molecule has 25 heavy (non-hydrogen) atoms. The number of amides is 1. The third kappa shape index (κ3) is 4.13. The number of benzene rings is 1. The molecule has 8 heteroatoms. The SMILES string of the molecule is Cn1cc(Br)c(C(=O)N2CCN(CC(=N)c3ccc(F)cc3)CC2)n1. The molecule has 0 radical (unpaired) electrons. The number of carbonyl (C=O) groups is 1. The van der Waals surface area contributed by atoms with E-state index < -0.39 is 0 Å². The highest BCUT2D eigenvalue weighted by atomic mass is 79.9. The predicted molar refractivity (Wildman–Crippen MR) is 96.5 cm³/mol. The zero-order chi connectivity index (χ0) is 18.0. The van der Waals surface area contributed by atoms with Crippen molar-refractivity contribution >= 4 is 27.5 Å². The molecule has 0 spiro atoms. The van der Waals surface area contributed by atoms with Gasteiger partial charge in [0.25, 0.3) is 5.91 Å². The summed E-state index contributed by atoms with van der Waals surface area (Å²) in [6.07, 6.45) is 1.76. The first-order valence-electron chi connectivity index (χ1n) is 7.98. The summed E-state index contributed by atoms with van der Waals surface area (Å²) in [5.74, 6) is -0.384. The molecule has 1 fully saturated rings. The topological polar surface area (TPSA) is 65.2 Å². The molecule has 1 aromatic heterocycles. The van der Waals surface area contributed by atoms with Gasteiger partial charge in [-0.1, -0.05) is 12.1 Å². The minimum atomic E-state index is -0.302. The molecule has 1 aromatic carbocycles. The normalized spacial score (nSPS) is 15.4. The number of hydrogen-bond donors (Lipinski definition) is 1. The third-order valence-corrected chi connectivity index (χ3v) is 4.80. The first-order chi connectivity index (χ1) is 11.9. The monoisotopic (exact) mass is 407 g/mol. The van der Waals surface area contributed by atoms with Crippen molar-refractivity contribution in [1.29, 1.82) is 5.41 Å². The molecule has 6 nitrogen and oxygen atoms in total. The Morgan fingerprint density at radius 1 is 1.24 bits per heavy atom. The van der Waals surface area contributed by atoms with Crippen LogP contribution in [0, 0.1) is 11.2 Å². The number of nitrogens with one attached hydrogen (secondary N) is 1. The van der Waals surface area contributed by atoms with Crippen LogP contribution in [0.5, 0.6) is 0 Å². The number of nitrogens with zero attached hydrogens (tertiary/aromatic N) is 4. The Bertz CT molecular complexity index is 781. The molecular weight excluding hydrogens is 389 g/mol. The van der Waals surface area contributed by atoms with Gasteiger partial charge >= 0.3 is 0 Å². The maximum atomic E-state index is 13.0. The largest absolute Gasteiger partial charge is 0.335 e. The molecule has 1 aliphatic heterocycles. The highest BCUT2D eigenvalue weighted by Crippen LogP contribution is 2.17. The van der Waals surface area contributed by atoms with Gasteiger partial charge in [-0.15, -0.1) is 0 Å². The highest BCUT2D eigenvalue weighted by molar-refractivity contribution is 9.10. The zero-order valence-electron chi connectivity index (χ0n) is 13.9. The van der Waals surface area contributed by atoms with Crippen LogP contribution >= 0.6 is 15.9 Å². The van der Waals surface area contributed by atoms with Crippen molar-refractivity contribution in [3.63, 3.8) is 0 Å². The van der Waals surface area contributed by atoms with Crippen molar-refractivity contribution in [3.8, 4) is 0 Å². The molecule has 2 heterocycles. The summed E-state index contributed by atoms with van der Waals surface area (Å²) < 4.78 is 15.3. The molecule has 1 saturated heterocycles. The van der Waals surface area contributed by atoms with Crippen molar-refractivity contribution in [3.05, 3.63) is 52.0 Å². The average molecular weight is 408 g/mol. The summed E-state index contributed by atoms with van der Waals surface area (Å²) >= 11 is 3.36. The van der Waals surface area contributed by atoms with E-state index in [4.69, 9.17) is 5.41 Å². The van der Waals surface area contributed by atoms with Gasteiger partial charge in [-0.05, 0) is 33.6 Å². The molecule has 1 aliphatic rings. The van der Waals surface area contributed by atoms with E-state index in [2.05, 4.69) is 25.9 Å². The van der Waals surface area contributed by atoms with Gasteiger partial charge < -0.3 is 10.3 Å².